The second-order valence-electron chi connectivity index (χ2n) is 4.90. The van der Waals surface area contributed by atoms with Crippen LogP contribution in [0.2, 0.25) is 0 Å². The van der Waals surface area contributed by atoms with Crippen LogP contribution < -0.4 is 5.32 Å². The minimum Gasteiger partial charge on any atom is -0.444 e. The smallest absolute Gasteiger partial charge is 0.322 e. The average molecular weight is 426 g/mol. The number of nitrogens with zero attached hydrogens (tertiary/aromatic N) is 2. The van der Waals surface area contributed by atoms with Crippen molar-refractivity contribution in [3.63, 3.8) is 0 Å². The number of carbonyl (C=O) groups is 1. The van der Waals surface area contributed by atoms with Crippen LogP contribution in [0.15, 0.2) is 54.8 Å². The molecule has 0 fully saturated rings. The highest BCUT2D eigenvalue weighted by molar-refractivity contribution is 9.10. The standard InChI is InChI=1S/C15H12BrN3O5S/c1-2-25(21,22)10-5-3-4-9(8-10)13(20)17-15-19-18-14(24-15)11-6-7-12(16)23-11/h3-8H,2H2,1H3,(H,17,19,20). The molecule has 1 N–H and O–H groups in total. The van der Waals surface area contributed by atoms with E-state index in [4.69, 9.17) is 8.83 Å². The van der Waals surface area contributed by atoms with Gasteiger partial charge in [-0.25, -0.2) is 8.42 Å². The van der Waals surface area contributed by atoms with Crippen LogP contribution in [0.3, 0.4) is 0 Å². The summed E-state index contributed by atoms with van der Waals surface area (Å²) in [5.41, 5.74) is 0.162. The van der Waals surface area contributed by atoms with Crippen molar-refractivity contribution in [1.82, 2.24) is 10.2 Å². The highest BCUT2D eigenvalue weighted by Gasteiger charge is 2.17. The SMILES string of the molecule is CCS(=O)(=O)c1cccc(C(=O)Nc2nnc(-c3ccc(Br)o3)o2)c1. The van der Waals surface area contributed by atoms with Crippen LogP contribution in [-0.4, -0.2) is 30.3 Å². The van der Waals surface area contributed by atoms with E-state index in [1.54, 1.807) is 12.1 Å². The summed E-state index contributed by atoms with van der Waals surface area (Å²) in [6.45, 7) is 1.54. The first-order valence-corrected chi connectivity index (χ1v) is 9.57. The Bertz CT molecular complexity index is 1030. The van der Waals surface area contributed by atoms with Crippen LogP contribution in [0.4, 0.5) is 6.01 Å². The minimum atomic E-state index is -3.40. The number of amides is 1. The molecule has 10 heteroatoms. The normalized spacial score (nSPS) is 11.4. The van der Waals surface area contributed by atoms with Gasteiger partial charge in [-0.3, -0.25) is 10.1 Å². The number of nitrogens with one attached hydrogen (secondary N) is 1. The van der Waals surface area contributed by atoms with Crippen LogP contribution in [0.25, 0.3) is 11.7 Å². The summed E-state index contributed by atoms with van der Waals surface area (Å²) in [5.74, 6) is -0.174. The maximum absolute atomic E-state index is 12.3. The van der Waals surface area contributed by atoms with Crippen LogP contribution in [0, 0.1) is 0 Å². The topological polar surface area (TPSA) is 115 Å². The zero-order valence-electron chi connectivity index (χ0n) is 12.9. The van der Waals surface area contributed by atoms with Gasteiger partial charge >= 0.3 is 6.01 Å². The molecule has 0 aliphatic carbocycles. The maximum Gasteiger partial charge on any atom is 0.322 e. The summed E-state index contributed by atoms with van der Waals surface area (Å²) in [4.78, 5) is 12.3. The first-order chi connectivity index (χ1) is 11.9. The number of rotatable bonds is 5. The van der Waals surface area contributed by atoms with Gasteiger partial charge in [-0.15, -0.1) is 5.10 Å². The molecule has 0 radical (unpaired) electrons. The Morgan fingerprint density at radius 2 is 2.00 bits per heavy atom. The average Bonchev–Trinajstić information content (AvgIpc) is 3.24. The second-order valence-corrected chi connectivity index (χ2v) is 7.96. The molecule has 130 valence electrons. The number of furan rings is 1. The monoisotopic (exact) mass is 425 g/mol. The maximum atomic E-state index is 12.3. The summed E-state index contributed by atoms with van der Waals surface area (Å²) >= 11 is 3.16. The third kappa shape index (κ3) is 3.80. The van der Waals surface area contributed by atoms with E-state index in [2.05, 4.69) is 31.4 Å². The minimum absolute atomic E-state index is 0.0518. The van der Waals surface area contributed by atoms with Gasteiger partial charge in [0.15, 0.2) is 20.3 Å². The van der Waals surface area contributed by atoms with Gasteiger partial charge in [0.05, 0.1) is 10.6 Å². The fraction of sp³-hybridized carbons (Fsp3) is 0.133. The third-order valence-corrected chi connectivity index (χ3v) is 5.42. The highest BCUT2D eigenvalue weighted by atomic mass is 79.9. The molecule has 1 amide bonds. The predicted molar refractivity (Wildman–Crippen MR) is 91.8 cm³/mol. The molecule has 0 spiro atoms. The summed E-state index contributed by atoms with van der Waals surface area (Å²) in [5, 5.41) is 9.91. The Morgan fingerprint density at radius 3 is 2.68 bits per heavy atom. The van der Waals surface area contributed by atoms with Gasteiger partial charge in [0.25, 0.3) is 11.8 Å². The highest BCUT2D eigenvalue weighted by Crippen LogP contribution is 2.25. The zero-order valence-corrected chi connectivity index (χ0v) is 15.3. The number of benzene rings is 1. The van der Waals surface area contributed by atoms with E-state index in [0.29, 0.717) is 10.4 Å². The van der Waals surface area contributed by atoms with Gasteiger partial charge in [0.1, 0.15) is 0 Å². The Hall–Kier alpha value is -2.46. The molecule has 2 aromatic heterocycles. The molecule has 0 aliphatic rings. The number of carbonyl (C=O) groups excluding carboxylic acids is 1. The Labute approximate surface area is 151 Å². The van der Waals surface area contributed by atoms with E-state index in [-0.39, 0.29) is 28.1 Å². The second kappa shape index (κ2) is 6.81. The van der Waals surface area contributed by atoms with Gasteiger partial charge in [0.2, 0.25) is 0 Å². The molecule has 0 atom stereocenters. The molecule has 0 aliphatic heterocycles. The van der Waals surface area contributed by atoms with E-state index in [1.807, 2.05) is 0 Å². The Balaban J connectivity index is 1.79. The fourth-order valence-electron chi connectivity index (χ4n) is 1.97. The zero-order chi connectivity index (χ0) is 18.0. The molecule has 8 nitrogen and oxygen atoms in total. The lowest BCUT2D eigenvalue weighted by molar-refractivity contribution is 0.102. The summed E-state index contributed by atoms with van der Waals surface area (Å²) in [6, 6.07) is 8.89. The number of aromatic nitrogens is 2. The van der Waals surface area contributed by atoms with Crippen molar-refractivity contribution in [3.05, 3.63) is 46.6 Å². The summed E-state index contributed by atoms with van der Waals surface area (Å²) < 4.78 is 34.9. The molecule has 1 aromatic carbocycles. The van der Waals surface area contributed by atoms with Crippen molar-refractivity contribution in [2.75, 3.05) is 11.1 Å². The van der Waals surface area contributed by atoms with Crippen LogP contribution in [0.1, 0.15) is 17.3 Å². The molecular weight excluding hydrogens is 414 g/mol. The van der Waals surface area contributed by atoms with Gasteiger partial charge < -0.3 is 8.83 Å². The molecule has 2 heterocycles. The van der Waals surface area contributed by atoms with Gasteiger partial charge in [0, 0.05) is 5.56 Å². The number of hydrogen-bond acceptors (Lipinski definition) is 7. The molecule has 3 aromatic rings. The van der Waals surface area contributed by atoms with Crippen LogP contribution in [0.5, 0.6) is 0 Å². The first kappa shape index (κ1) is 17.4. The summed E-state index contributed by atoms with van der Waals surface area (Å²) in [6.07, 6.45) is 0. The van der Waals surface area contributed by atoms with E-state index in [1.165, 1.54) is 31.2 Å². The molecule has 0 unspecified atom stereocenters. The van der Waals surface area contributed by atoms with Gasteiger partial charge in [-0.05, 0) is 46.3 Å². The third-order valence-electron chi connectivity index (χ3n) is 3.26. The molecule has 0 bridgehead atoms. The Kier molecular flexibility index (Phi) is 4.73. The van der Waals surface area contributed by atoms with E-state index in [0.717, 1.165) is 0 Å². The quantitative estimate of drug-likeness (QED) is 0.667. The lowest BCUT2D eigenvalue weighted by Gasteiger charge is -2.04. The largest absolute Gasteiger partial charge is 0.444 e. The van der Waals surface area contributed by atoms with Crippen LogP contribution >= 0.6 is 15.9 Å². The van der Waals surface area contributed by atoms with Gasteiger partial charge in [-0.2, -0.15) is 0 Å². The van der Waals surface area contributed by atoms with E-state index in [9.17, 15) is 13.2 Å². The molecule has 0 saturated carbocycles. The molecule has 25 heavy (non-hydrogen) atoms. The van der Waals surface area contributed by atoms with E-state index >= 15 is 0 Å². The number of halogens is 1. The van der Waals surface area contributed by atoms with E-state index < -0.39 is 15.7 Å². The number of hydrogen-bond donors (Lipinski definition) is 1. The van der Waals surface area contributed by atoms with Crippen molar-refractivity contribution in [2.24, 2.45) is 0 Å². The molecular formula is C15H12BrN3O5S. The number of sulfone groups is 1. The predicted octanol–water partition coefficient (Wildman–Crippen LogP) is 3.14. The van der Waals surface area contributed by atoms with Crippen molar-refractivity contribution < 1.29 is 22.0 Å². The van der Waals surface area contributed by atoms with Gasteiger partial charge in [-0.1, -0.05) is 18.1 Å². The van der Waals surface area contributed by atoms with Crippen molar-refractivity contribution in [2.45, 2.75) is 11.8 Å². The fourth-order valence-corrected chi connectivity index (χ4v) is 3.20. The van der Waals surface area contributed by atoms with Crippen molar-refractivity contribution >= 4 is 37.7 Å². The number of anilines is 1. The Morgan fingerprint density at radius 1 is 1.20 bits per heavy atom. The summed E-state index contributed by atoms with van der Waals surface area (Å²) in [7, 11) is -3.40. The first-order valence-electron chi connectivity index (χ1n) is 7.12. The van der Waals surface area contributed by atoms with Crippen LogP contribution in [-0.2, 0) is 9.84 Å². The molecule has 0 saturated heterocycles. The van der Waals surface area contributed by atoms with Crippen molar-refractivity contribution in [3.8, 4) is 11.7 Å². The van der Waals surface area contributed by atoms with Crippen molar-refractivity contribution in [1.29, 1.82) is 0 Å². The lowest BCUT2D eigenvalue weighted by atomic mass is 10.2. The lowest BCUT2D eigenvalue weighted by Crippen LogP contribution is -2.13. The molecule has 3 rings (SSSR count).